The van der Waals surface area contributed by atoms with E-state index in [1.807, 2.05) is 48.5 Å². The van der Waals surface area contributed by atoms with Crippen molar-refractivity contribution >= 4 is 59.6 Å². The van der Waals surface area contributed by atoms with Crippen LogP contribution in [0.3, 0.4) is 0 Å². The maximum atomic E-state index is 14.5. The lowest BCUT2D eigenvalue weighted by Gasteiger charge is -2.33. The third-order valence-corrected chi connectivity index (χ3v) is 16.1. The van der Waals surface area contributed by atoms with Gasteiger partial charge in [0.1, 0.15) is 53.9 Å². The molecule has 0 saturated carbocycles. The molecular weight excluding hydrogens is 1180 g/mol. The summed E-state index contributed by atoms with van der Waals surface area (Å²) in [6.45, 7) is 5.67. The van der Waals surface area contributed by atoms with Gasteiger partial charge in [0.15, 0.2) is 6.23 Å². The number of hydrogen-bond acceptors (Lipinski definition) is 19. The number of phenolic OH excluding ortho intramolecular Hbond substituents is 1. The Labute approximate surface area is 526 Å². The number of hydrogen-bond donors (Lipinski definition) is 16. The van der Waals surface area contributed by atoms with Gasteiger partial charge in [0.2, 0.25) is 35.4 Å². The van der Waals surface area contributed by atoms with Crippen LogP contribution in [0, 0.1) is 5.92 Å². The van der Waals surface area contributed by atoms with E-state index in [1.54, 1.807) is 30.3 Å². The Kier molecular flexibility index (Phi) is 24.6. The number of carbonyl (C=O) groups excluding carboxylic acids is 7. The molecule has 3 aliphatic heterocycles. The van der Waals surface area contributed by atoms with E-state index in [0.29, 0.717) is 23.3 Å². The molecule has 91 heavy (non-hydrogen) atoms. The molecule has 0 unspecified atom stereocenters. The third-order valence-electron chi connectivity index (χ3n) is 16.1. The van der Waals surface area contributed by atoms with Gasteiger partial charge in [-0.15, -0.1) is 0 Å². The number of unbranched alkanes of at least 4 members (excludes halogenated alkanes) is 2. The number of aliphatic hydroxyl groups is 7. The fourth-order valence-electron chi connectivity index (χ4n) is 10.9. The molecule has 17 N–H and O–H groups in total. The van der Waals surface area contributed by atoms with Gasteiger partial charge in [0, 0.05) is 49.5 Å². The van der Waals surface area contributed by atoms with Crippen LogP contribution in [0.5, 0.6) is 11.5 Å². The van der Waals surface area contributed by atoms with Crippen molar-refractivity contribution in [3.05, 3.63) is 132 Å². The molecule has 0 bridgehead atoms. The standard InChI is InChI=1S/C58H73N7O16.C6H8BNO2/c1-5-6-7-24-81-41-22-18-37(19-23-41)35-12-10-34(11-13-35)36-14-16-38(17-15-36)51(73)59-42-27-45(71)54(76)63-56(78)49-50(72)30(2)28-65(49)58(80)47(32(4)67)61-55(77)48(44(70)25-33-8-20-39(68)21-9-33)62-53(75)43-26-40(69)29-64(43)57(79)46(31(3)66)60-52(42)74;8-6-3-1-2-5(4-6)7(9)10/h8-23,30-32,40,42-50,54,66-72,76H,5-7,24-29H2,1-4H3,(H,59,73)(H,60,74)(H,61,77)(H,62,75)(H,63,78);1-4,9-10H,8H2/t30-,31+,32+,40+,42-,43-,44+,45+,46-,47-,48-,49-,50-,54+;/m0./s1. The first kappa shape index (κ1) is 70.0. The molecule has 8 rings (SSSR count). The predicted molar refractivity (Wildman–Crippen MR) is 333 cm³/mol. The lowest BCUT2D eigenvalue weighted by molar-refractivity contribution is -0.148. The summed E-state index contributed by atoms with van der Waals surface area (Å²) < 4.78 is 5.84. The Balaban J connectivity index is 0.00000107. The first-order valence-electron chi connectivity index (χ1n) is 30.1. The Morgan fingerprint density at radius 1 is 0.670 bits per heavy atom. The number of nitrogens with one attached hydrogen (secondary N) is 5. The highest BCUT2D eigenvalue weighted by atomic mass is 16.5. The summed E-state index contributed by atoms with van der Waals surface area (Å²) in [5.74, 6) is -8.04. The number of aliphatic hydroxyl groups excluding tert-OH is 7. The fraction of sp³-hybridized carbons (Fsp3) is 0.422. The maximum Gasteiger partial charge on any atom is 0.488 e. The summed E-state index contributed by atoms with van der Waals surface area (Å²) in [6, 6.07) is 22.7. The molecule has 0 aliphatic carbocycles. The number of rotatable bonds is 15. The highest BCUT2D eigenvalue weighted by Gasteiger charge is 2.50. The van der Waals surface area contributed by atoms with Gasteiger partial charge in [-0.3, -0.25) is 33.6 Å². The highest BCUT2D eigenvalue weighted by Crippen LogP contribution is 2.29. The number of nitrogens with two attached hydrogens (primary N) is 1. The van der Waals surface area contributed by atoms with Gasteiger partial charge >= 0.3 is 7.12 Å². The fourth-order valence-corrected chi connectivity index (χ4v) is 10.9. The molecule has 7 amide bonds. The monoisotopic (exact) mass is 1260 g/mol. The second kappa shape index (κ2) is 32.0. The highest BCUT2D eigenvalue weighted by molar-refractivity contribution is 6.58. The lowest BCUT2D eigenvalue weighted by Crippen LogP contribution is -2.64. The molecular formula is C64H81BN8O18. The zero-order valence-corrected chi connectivity index (χ0v) is 50.8. The van der Waals surface area contributed by atoms with Crippen molar-refractivity contribution in [2.75, 3.05) is 25.4 Å². The molecule has 0 radical (unpaired) electrons. The Morgan fingerprint density at radius 2 is 1.22 bits per heavy atom. The topological polar surface area (TPSA) is 424 Å². The number of aromatic hydroxyl groups is 1. The van der Waals surface area contributed by atoms with Gasteiger partial charge < -0.3 is 97.8 Å². The van der Waals surface area contributed by atoms with Crippen molar-refractivity contribution in [2.24, 2.45) is 5.92 Å². The zero-order chi connectivity index (χ0) is 66.4. The van der Waals surface area contributed by atoms with Crippen molar-refractivity contribution in [3.63, 3.8) is 0 Å². The average Bonchev–Trinajstić information content (AvgIpc) is 1.86. The largest absolute Gasteiger partial charge is 0.508 e. The summed E-state index contributed by atoms with van der Waals surface area (Å²) in [5.41, 5.74) is 10.2. The Morgan fingerprint density at radius 3 is 1.77 bits per heavy atom. The summed E-state index contributed by atoms with van der Waals surface area (Å²) in [7, 11) is -1.43. The minimum absolute atomic E-state index is 0.0259. The summed E-state index contributed by atoms with van der Waals surface area (Å²) >= 11 is 0. The molecule has 488 valence electrons. The van der Waals surface area contributed by atoms with Crippen LogP contribution >= 0.6 is 0 Å². The number of anilines is 1. The second-order valence-corrected chi connectivity index (χ2v) is 23.2. The van der Waals surface area contributed by atoms with Gasteiger partial charge in [0.05, 0.1) is 37.1 Å². The summed E-state index contributed by atoms with van der Waals surface area (Å²) in [4.78, 5) is 102. The smallest absolute Gasteiger partial charge is 0.488 e. The van der Waals surface area contributed by atoms with Crippen LogP contribution in [0.15, 0.2) is 121 Å². The van der Waals surface area contributed by atoms with Gasteiger partial charge in [-0.25, -0.2) is 0 Å². The molecule has 0 spiro atoms. The molecule has 3 saturated heterocycles. The minimum Gasteiger partial charge on any atom is -0.508 e. The predicted octanol–water partition coefficient (Wildman–Crippen LogP) is -1.47. The van der Waals surface area contributed by atoms with E-state index in [9.17, 15) is 74.4 Å². The van der Waals surface area contributed by atoms with Gasteiger partial charge in [-0.05, 0) is 102 Å². The van der Waals surface area contributed by atoms with E-state index in [2.05, 4.69) is 33.5 Å². The van der Waals surface area contributed by atoms with E-state index in [4.69, 9.17) is 20.5 Å². The molecule has 26 nitrogen and oxygen atoms in total. The first-order valence-corrected chi connectivity index (χ1v) is 30.1. The number of phenols is 1. The molecule has 3 heterocycles. The van der Waals surface area contributed by atoms with Crippen molar-refractivity contribution in [2.45, 2.75) is 145 Å². The Bertz CT molecular complexity index is 3290. The molecule has 27 heteroatoms. The molecule has 3 fully saturated rings. The third kappa shape index (κ3) is 18.4. The van der Waals surface area contributed by atoms with Crippen molar-refractivity contribution in [3.8, 4) is 33.8 Å². The van der Waals surface area contributed by atoms with Crippen LogP contribution in [0.1, 0.15) is 75.7 Å². The van der Waals surface area contributed by atoms with Crippen molar-refractivity contribution in [1.29, 1.82) is 0 Å². The van der Waals surface area contributed by atoms with Crippen LogP contribution in [0.25, 0.3) is 22.3 Å². The van der Waals surface area contributed by atoms with Crippen molar-refractivity contribution in [1.82, 2.24) is 36.4 Å². The van der Waals surface area contributed by atoms with E-state index in [-0.39, 0.29) is 24.3 Å². The van der Waals surface area contributed by atoms with Crippen LogP contribution < -0.4 is 42.5 Å². The van der Waals surface area contributed by atoms with Gasteiger partial charge in [-0.1, -0.05) is 99.5 Å². The zero-order valence-electron chi connectivity index (χ0n) is 50.8. The van der Waals surface area contributed by atoms with Gasteiger partial charge in [-0.2, -0.15) is 0 Å². The van der Waals surface area contributed by atoms with Gasteiger partial charge in [0.25, 0.3) is 5.91 Å². The van der Waals surface area contributed by atoms with E-state index in [1.165, 1.54) is 49.4 Å². The molecule has 0 aromatic heterocycles. The lowest BCUT2D eigenvalue weighted by atomic mass is 9.80. The normalized spacial score (nSPS) is 25.4. The Hall–Kier alpha value is -8.51. The first-order chi connectivity index (χ1) is 43.2. The quantitative estimate of drug-likeness (QED) is 0.0323. The van der Waals surface area contributed by atoms with E-state index in [0.717, 1.165) is 70.9 Å². The number of amides is 7. The number of benzene rings is 5. The summed E-state index contributed by atoms with van der Waals surface area (Å²) in [6.07, 6.45) is -11.1. The summed E-state index contributed by atoms with van der Waals surface area (Å²) in [5, 5.41) is 117. The molecule has 5 aromatic carbocycles. The average molecular weight is 1260 g/mol. The van der Waals surface area contributed by atoms with E-state index < -0.39 is 153 Å². The molecule has 14 atom stereocenters. The maximum absolute atomic E-state index is 14.5. The molecule has 3 aliphatic rings. The number of carbonyl (C=O) groups is 7. The van der Waals surface area contributed by atoms with Crippen molar-refractivity contribution < 1.29 is 89.2 Å². The minimum atomic E-state index is -2.26. The second-order valence-electron chi connectivity index (χ2n) is 23.2. The molecule has 5 aromatic rings. The van der Waals surface area contributed by atoms with Crippen LogP contribution in [-0.2, 0) is 35.2 Å². The number of ether oxygens (including phenoxy) is 1. The van der Waals surface area contributed by atoms with Crippen LogP contribution in [0.2, 0.25) is 0 Å². The van der Waals surface area contributed by atoms with Crippen LogP contribution in [-0.4, -0.2) is 208 Å². The number of nitrogen functional groups attached to an aromatic ring is 1. The number of nitrogens with zero attached hydrogens (tertiary/aromatic N) is 2. The number of fused-ring (bicyclic) bond motifs is 2. The SMILES string of the molecule is CCCCCOc1ccc(-c2ccc(-c3ccc(C(=O)N[C@H]4C[C@@H](O)[C@@H](O)NC(=O)[C@@H]5[C@@H](O)[C@@H](C)CN5C(=O)[C@H]([C@@H](C)O)NC(=O)[C@H]([C@H](O)Cc5ccc(O)cc5)NC(=O)[C@@H]5C[C@@H](O)CN5C(=O)[C@H]([C@@H](C)O)NC4=O)cc3)cc2)cc1.Nc1cccc(B(O)O)c1. The van der Waals surface area contributed by atoms with Crippen LogP contribution in [0.4, 0.5) is 5.69 Å². The van der Waals surface area contributed by atoms with E-state index >= 15 is 0 Å².